The lowest BCUT2D eigenvalue weighted by molar-refractivity contribution is -0.181. The first kappa shape index (κ1) is 17.3. The first-order valence-electron chi connectivity index (χ1n) is 8.59. The monoisotopic (exact) mass is 376 g/mol. The van der Waals surface area contributed by atoms with E-state index in [1.165, 1.54) is 17.6 Å². The summed E-state index contributed by atoms with van der Waals surface area (Å²) in [4.78, 5) is 27.4. The average Bonchev–Trinajstić information content (AvgIpc) is 3.37. The van der Waals surface area contributed by atoms with Gasteiger partial charge in [-0.05, 0) is 30.7 Å². The summed E-state index contributed by atoms with van der Waals surface area (Å²) in [6.45, 7) is 4.32. The maximum absolute atomic E-state index is 12.9. The Morgan fingerprint density at radius 2 is 1.96 bits per heavy atom. The molecule has 4 rings (SSSR count). The van der Waals surface area contributed by atoms with Crippen molar-refractivity contribution in [3.63, 3.8) is 0 Å². The van der Waals surface area contributed by atoms with Gasteiger partial charge in [-0.15, -0.1) is 11.3 Å². The van der Waals surface area contributed by atoms with Crippen LogP contribution in [0.5, 0.6) is 0 Å². The van der Waals surface area contributed by atoms with E-state index in [0.29, 0.717) is 49.0 Å². The summed E-state index contributed by atoms with van der Waals surface area (Å²) in [5.74, 6) is -0.602. The van der Waals surface area contributed by atoms with Crippen LogP contribution in [0, 0.1) is 6.92 Å². The molecule has 0 aliphatic carbocycles. The molecular weight excluding hydrogens is 356 g/mol. The summed E-state index contributed by atoms with van der Waals surface area (Å²) in [5, 5.41) is 3.41. The van der Waals surface area contributed by atoms with Gasteiger partial charge in [-0.2, -0.15) is 0 Å². The number of furan rings is 1. The number of ether oxygens (including phenoxy) is 2. The zero-order chi connectivity index (χ0) is 18.1. The van der Waals surface area contributed by atoms with Gasteiger partial charge in [0.05, 0.1) is 29.4 Å². The van der Waals surface area contributed by atoms with E-state index in [0.717, 1.165) is 5.56 Å². The van der Waals surface area contributed by atoms with Crippen LogP contribution in [0.4, 0.5) is 5.00 Å². The first-order valence-corrected chi connectivity index (χ1v) is 9.40. The van der Waals surface area contributed by atoms with E-state index < -0.39 is 5.79 Å². The molecule has 2 aliphatic rings. The van der Waals surface area contributed by atoms with Crippen molar-refractivity contribution in [1.29, 1.82) is 0 Å². The van der Waals surface area contributed by atoms with Gasteiger partial charge in [-0.3, -0.25) is 9.59 Å². The van der Waals surface area contributed by atoms with Gasteiger partial charge in [-0.25, -0.2) is 0 Å². The molecule has 2 fully saturated rings. The maximum Gasteiger partial charge on any atom is 0.291 e. The summed E-state index contributed by atoms with van der Waals surface area (Å²) in [7, 11) is 0. The summed E-state index contributed by atoms with van der Waals surface area (Å²) < 4.78 is 16.5. The fourth-order valence-electron chi connectivity index (χ4n) is 3.32. The standard InChI is InChI=1S/C18H20N2O5S/c1-12-11-14(19-16(21)13-3-2-8-23-13)26-15(12)17(22)20-6-4-18(5-7-20)24-9-10-25-18/h2-3,8,11H,4-7,9-10H2,1H3,(H,19,21). The largest absolute Gasteiger partial charge is 0.459 e. The van der Waals surface area contributed by atoms with Crippen molar-refractivity contribution in [2.45, 2.75) is 25.6 Å². The van der Waals surface area contributed by atoms with Crippen LogP contribution in [-0.2, 0) is 9.47 Å². The number of hydrogen-bond acceptors (Lipinski definition) is 6. The lowest BCUT2D eigenvalue weighted by atomic mass is 10.0. The van der Waals surface area contributed by atoms with Crippen LogP contribution in [0.2, 0.25) is 0 Å². The van der Waals surface area contributed by atoms with Gasteiger partial charge in [0.15, 0.2) is 11.5 Å². The molecule has 0 aromatic carbocycles. The number of hydrogen-bond donors (Lipinski definition) is 1. The van der Waals surface area contributed by atoms with Crippen molar-refractivity contribution >= 4 is 28.2 Å². The number of nitrogens with one attached hydrogen (secondary N) is 1. The van der Waals surface area contributed by atoms with Crippen LogP contribution in [-0.4, -0.2) is 48.8 Å². The second kappa shape index (κ2) is 6.86. The molecule has 2 saturated heterocycles. The zero-order valence-electron chi connectivity index (χ0n) is 14.4. The van der Waals surface area contributed by atoms with Gasteiger partial charge in [0, 0.05) is 25.9 Å². The Bertz CT molecular complexity index is 798. The molecule has 4 heterocycles. The Hall–Kier alpha value is -2.16. The van der Waals surface area contributed by atoms with Gasteiger partial charge in [0.2, 0.25) is 0 Å². The fourth-order valence-corrected chi connectivity index (χ4v) is 4.35. The maximum atomic E-state index is 12.9. The predicted molar refractivity (Wildman–Crippen MR) is 95.5 cm³/mol. The van der Waals surface area contributed by atoms with Crippen molar-refractivity contribution < 1.29 is 23.5 Å². The highest BCUT2D eigenvalue weighted by atomic mass is 32.1. The van der Waals surface area contributed by atoms with Crippen LogP contribution in [0.1, 0.15) is 38.6 Å². The topological polar surface area (TPSA) is 81.0 Å². The quantitative estimate of drug-likeness (QED) is 0.891. The molecule has 26 heavy (non-hydrogen) atoms. The van der Waals surface area contributed by atoms with Crippen LogP contribution in [0.25, 0.3) is 0 Å². The van der Waals surface area contributed by atoms with E-state index in [4.69, 9.17) is 13.9 Å². The van der Waals surface area contributed by atoms with Crippen LogP contribution in [0.3, 0.4) is 0 Å². The first-order chi connectivity index (χ1) is 12.6. The Morgan fingerprint density at radius 3 is 2.62 bits per heavy atom. The molecule has 0 unspecified atom stereocenters. The summed E-state index contributed by atoms with van der Waals surface area (Å²) in [5.41, 5.74) is 0.850. The van der Waals surface area contributed by atoms with Gasteiger partial charge >= 0.3 is 0 Å². The van der Waals surface area contributed by atoms with Crippen molar-refractivity contribution in [2.75, 3.05) is 31.6 Å². The summed E-state index contributed by atoms with van der Waals surface area (Å²) >= 11 is 1.28. The van der Waals surface area contributed by atoms with Gasteiger partial charge in [0.1, 0.15) is 0 Å². The summed E-state index contributed by atoms with van der Waals surface area (Å²) in [6, 6.07) is 5.07. The highest BCUT2D eigenvalue weighted by molar-refractivity contribution is 7.18. The molecular formula is C18H20N2O5S. The minimum absolute atomic E-state index is 0.0150. The SMILES string of the molecule is Cc1cc(NC(=O)c2ccco2)sc1C(=O)N1CCC2(CC1)OCCO2. The molecule has 0 atom stereocenters. The Morgan fingerprint density at radius 1 is 1.23 bits per heavy atom. The average molecular weight is 376 g/mol. The second-order valence-electron chi connectivity index (χ2n) is 6.45. The number of thiophene rings is 1. The number of piperidine rings is 1. The van der Waals surface area contributed by atoms with E-state index >= 15 is 0 Å². The van der Waals surface area contributed by atoms with Gasteiger partial charge in [0.25, 0.3) is 11.8 Å². The fraction of sp³-hybridized carbons (Fsp3) is 0.444. The molecule has 2 aromatic rings. The third-order valence-electron chi connectivity index (χ3n) is 4.72. The van der Waals surface area contributed by atoms with Crippen molar-refractivity contribution in [3.8, 4) is 0 Å². The van der Waals surface area contributed by atoms with Gasteiger partial charge in [-0.1, -0.05) is 0 Å². The zero-order valence-corrected chi connectivity index (χ0v) is 15.3. The van der Waals surface area contributed by atoms with E-state index in [9.17, 15) is 9.59 Å². The molecule has 2 amide bonds. The van der Waals surface area contributed by atoms with Gasteiger partial charge < -0.3 is 24.1 Å². The molecule has 138 valence electrons. The number of nitrogens with zero attached hydrogens (tertiary/aromatic N) is 1. The Kier molecular flexibility index (Phi) is 4.56. The van der Waals surface area contributed by atoms with Crippen LogP contribution in [0.15, 0.2) is 28.9 Å². The number of anilines is 1. The van der Waals surface area contributed by atoms with Crippen molar-refractivity contribution in [3.05, 3.63) is 40.7 Å². The van der Waals surface area contributed by atoms with E-state index in [1.54, 1.807) is 12.1 Å². The molecule has 2 aromatic heterocycles. The van der Waals surface area contributed by atoms with Crippen LogP contribution >= 0.6 is 11.3 Å². The summed E-state index contributed by atoms with van der Waals surface area (Å²) in [6.07, 6.45) is 2.82. The molecule has 2 aliphatic heterocycles. The van der Waals surface area contributed by atoms with Crippen molar-refractivity contribution in [1.82, 2.24) is 4.90 Å². The Balaban J connectivity index is 1.42. The van der Waals surface area contributed by atoms with E-state index in [-0.39, 0.29) is 17.6 Å². The van der Waals surface area contributed by atoms with Crippen LogP contribution < -0.4 is 5.32 Å². The lowest BCUT2D eigenvalue weighted by Crippen LogP contribution is -2.47. The third kappa shape index (κ3) is 3.27. The number of carbonyl (C=O) groups excluding carboxylic acids is 2. The number of aryl methyl sites for hydroxylation is 1. The second-order valence-corrected chi connectivity index (χ2v) is 7.51. The van der Waals surface area contributed by atoms with Crippen molar-refractivity contribution in [2.24, 2.45) is 0 Å². The third-order valence-corrected chi connectivity index (χ3v) is 5.86. The number of rotatable bonds is 3. The molecule has 7 nitrogen and oxygen atoms in total. The highest BCUT2D eigenvalue weighted by Gasteiger charge is 2.41. The minimum atomic E-state index is -0.497. The van der Waals surface area contributed by atoms with E-state index in [2.05, 4.69) is 5.32 Å². The minimum Gasteiger partial charge on any atom is -0.459 e. The molecule has 1 N–H and O–H groups in total. The Labute approximate surface area is 154 Å². The number of likely N-dealkylation sites (tertiary alicyclic amines) is 1. The van der Waals surface area contributed by atoms with E-state index in [1.807, 2.05) is 17.9 Å². The highest BCUT2D eigenvalue weighted by Crippen LogP contribution is 2.34. The lowest BCUT2D eigenvalue weighted by Gasteiger charge is -2.37. The normalized spacial score (nSPS) is 19.0. The smallest absolute Gasteiger partial charge is 0.291 e. The molecule has 0 bridgehead atoms. The predicted octanol–water partition coefficient (Wildman–Crippen LogP) is 2.88. The molecule has 1 spiro atoms. The number of amides is 2. The molecule has 0 saturated carbocycles. The molecule has 0 radical (unpaired) electrons. The number of carbonyl (C=O) groups is 2. The molecule has 8 heteroatoms.